The van der Waals surface area contributed by atoms with Crippen molar-refractivity contribution in [1.29, 1.82) is 0 Å². The van der Waals surface area contributed by atoms with Gasteiger partial charge in [-0.1, -0.05) is 18.7 Å². The van der Waals surface area contributed by atoms with Gasteiger partial charge in [0.2, 0.25) is 0 Å². The Labute approximate surface area is 86.6 Å². The van der Waals surface area contributed by atoms with E-state index in [0.717, 1.165) is 17.7 Å². The van der Waals surface area contributed by atoms with Crippen LogP contribution in [0.5, 0.6) is 0 Å². The van der Waals surface area contributed by atoms with Crippen molar-refractivity contribution < 1.29 is 4.39 Å². The molecule has 80 valence electrons. The first-order valence-corrected chi connectivity index (χ1v) is 4.90. The smallest absolute Gasteiger partial charge is 0.0898 e. The Morgan fingerprint density at radius 3 is 2.57 bits per heavy atom. The third kappa shape index (κ3) is 4.85. The van der Waals surface area contributed by atoms with Crippen molar-refractivity contribution in [3.8, 4) is 0 Å². The molecule has 2 heteroatoms. The second kappa shape index (κ2) is 7.36. The molecule has 0 atom stereocenters. The van der Waals surface area contributed by atoms with Gasteiger partial charge in [-0.3, -0.25) is 4.39 Å². The number of hydrogen-bond donors (Lipinski definition) is 0. The summed E-state index contributed by atoms with van der Waals surface area (Å²) in [4.78, 5) is 2.02. The number of alkyl halides is 1. The van der Waals surface area contributed by atoms with Crippen LogP contribution in [0.25, 0.3) is 0 Å². The average molecular weight is 197 g/mol. The third-order valence-corrected chi connectivity index (χ3v) is 2.07. The molecule has 0 bridgehead atoms. The first-order chi connectivity index (χ1) is 6.65. The predicted octanol–water partition coefficient (Wildman–Crippen LogP) is 3.66. The zero-order chi connectivity index (χ0) is 11.0. The predicted molar refractivity (Wildman–Crippen MR) is 60.7 cm³/mol. The fourth-order valence-corrected chi connectivity index (χ4v) is 1.21. The van der Waals surface area contributed by atoms with Gasteiger partial charge in [-0.25, -0.2) is 0 Å². The molecular formula is C12H20FN. The Kier molecular flexibility index (Phi) is 6.81. The number of nitrogens with zero attached hydrogens (tertiary/aromatic N) is 1. The summed E-state index contributed by atoms with van der Waals surface area (Å²) in [5.41, 5.74) is 2.25. The molecule has 0 heterocycles. The monoisotopic (exact) mass is 197 g/mol. The number of rotatable bonds is 6. The molecule has 0 unspecified atom stereocenters. The molecule has 0 aromatic heterocycles. The maximum atomic E-state index is 12.0. The van der Waals surface area contributed by atoms with Crippen molar-refractivity contribution in [3.05, 3.63) is 36.2 Å². The van der Waals surface area contributed by atoms with Gasteiger partial charge in [-0.2, -0.15) is 0 Å². The van der Waals surface area contributed by atoms with Gasteiger partial charge in [0.05, 0.1) is 6.67 Å². The molecule has 0 amide bonds. The molecule has 0 aliphatic rings. The maximum Gasteiger partial charge on any atom is 0.0898 e. The Balaban J connectivity index is 4.32. The highest BCUT2D eigenvalue weighted by Crippen LogP contribution is 2.11. The third-order valence-electron chi connectivity index (χ3n) is 2.07. The average Bonchev–Trinajstić information content (AvgIpc) is 2.18. The largest absolute Gasteiger partial charge is 0.355 e. The van der Waals surface area contributed by atoms with Gasteiger partial charge >= 0.3 is 0 Å². The standard InChI is InChI=1S/C12H20FN/c1-5-11(3)10-14(4)12(6-2)8-7-9-13/h5-6,10H,1,7-9H2,2-4H3/b11-10-,12-6-. The van der Waals surface area contributed by atoms with Gasteiger partial charge in [0.25, 0.3) is 0 Å². The van der Waals surface area contributed by atoms with Gasteiger partial charge < -0.3 is 4.90 Å². The molecule has 0 saturated carbocycles. The summed E-state index contributed by atoms with van der Waals surface area (Å²) in [5.74, 6) is 0. The Hall–Kier alpha value is -1.05. The highest BCUT2D eigenvalue weighted by molar-refractivity contribution is 5.15. The molecule has 14 heavy (non-hydrogen) atoms. The lowest BCUT2D eigenvalue weighted by atomic mass is 10.2. The molecular weight excluding hydrogens is 177 g/mol. The summed E-state index contributed by atoms with van der Waals surface area (Å²) in [6, 6.07) is 0. The number of halogens is 1. The minimum absolute atomic E-state index is 0.255. The van der Waals surface area contributed by atoms with Gasteiger partial charge in [-0.15, -0.1) is 0 Å². The van der Waals surface area contributed by atoms with E-state index >= 15 is 0 Å². The molecule has 0 rings (SSSR count). The summed E-state index contributed by atoms with van der Waals surface area (Å²) in [5, 5.41) is 0. The first kappa shape index (κ1) is 12.9. The molecule has 0 N–H and O–H groups in total. The Bertz CT molecular complexity index is 228. The van der Waals surface area contributed by atoms with Crippen molar-refractivity contribution >= 4 is 0 Å². The van der Waals surface area contributed by atoms with Crippen LogP contribution in [0.4, 0.5) is 4.39 Å². The fourth-order valence-electron chi connectivity index (χ4n) is 1.21. The van der Waals surface area contributed by atoms with Gasteiger partial charge in [0, 0.05) is 18.9 Å². The Morgan fingerprint density at radius 1 is 1.50 bits per heavy atom. The lowest BCUT2D eigenvalue weighted by Gasteiger charge is -2.18. The second-order valence-corrected chi connectivity index (χ2v) is 3.26. The fraction of sp³-hybridized carbons (Fsp3) is 0.500. The zero-order valence-electron chi connectivity index (χ0n) is 9.39. The van der Waals surface area contributed by atoms with E-state index in [1.54, 1.807) is 6.08 Å². The van der Waals surface area contributed by atoms with Crippen molar-refractivity contribution in [3.63, 3.8) is 0 Å². The lowest BCUT2D eigenvalue weighted by Crippen LogP contribution is -2.10. The van der Waals surface area contributed by atoms with Crippen LogP contribution >= 0.6 is 0 Å². The summed E-state index contributed by atoms with van der Waals surface area (Å²) in [7, 11) is 1.97. The summed E-state index contributed by atoms with van der Waals surface area (Å²) < 4.78 is 12.0. The second-order valence-electron chi connectivity index (χ2n) is 3.26. The minimum Gasteiger partial charge on any atom is -0.355 e. The van der Waals surface area contributed by atoms with E-state index in [2.05, 4.69) is 6.58 Å². The number of allylic oxidation sites excluding steroid dienone is 4. The molecule has 0 radical (unpaired) electrons. The van der Waals surface area contributed by atoms with Crippen molar-refractivity contribution in [2.45, 2.75) is 26.7 Å². The van der Waals surface area contributed by atoms with Crippen LogP contribution in [-0.4, -0.2) is 18.6 Å². The van der Waals surface area contributed by atoms with Gasteiger partial charge in [0.15, 0.2) is 0 Å². The molecule has 0 spiro atoms. The topological polar surface area (TPSA) is 3.24 Å². The van der Waals surface area contributed by atoms with Gasteiger partial charge in [-0.05, 0) is 32.3 Å². The highest BCUT2D eigenvalue weighted by atomic mass is 19.1. The maximum absolute atomic E-state index is 12.0. The van der Waals surface area contributed by atoms with E-state index in [-0.39, 0.29) is 6.67 Å². The summed E-state index contributed by atoms with van der Waals surface area (Å²) in [6.07, 6.45) is 7.19. The van der Waals surface area contributed by atoms with E-state index in [4.69, 9.17) is 0 Å². The van der Waals surface area contributed by atoms with Gasteiger partial charge in [0.1, 0.15) is 0 Å². The van der Waals surface area contributed by atoms with Crippen LogP contribution in [0.3, 0.4) is 0 Å². The van der Waals surface area contributed by atoms with Crippen LogP contribution in [0.2, 0.25) is 0 Å². The molecule has 0 fully saturated rings. The lowest BCUT2D eigenvalue weighted by molar-refractivity contribution is 0.446. The van der Waals surface area contributed by atoms with Crippen LogP contribution in [0.1, 0.15) is 26.7 Å². The summed E-state index contributed by atoms with van der Waals surface area (Å²) in [6.45, 7) is 7.40. The highest BCUT2D eigenvalue weighted by Gasteiger charge is 2.00. The van der Waals surface area contributed by atoms with E-state index in [1.807, 2.05) is 38.1 Å². The SMILES string of the molecule is C=C/C(C)=C\N(C)/C(=C\C)CCCF. The molecule has 0 aliphatic heterocycles. The Morgan fingerprint density at radius 2 is 2.14 bits per heavy atom. The molecule has 0 saturated heterocycles. The van der Waals surface area contributed by atoms with Crippen LogP contribution < -0.4 is 0 Å². The first-order valence-electron chi connectivity index (χ1n) is 4.90. The minimum atomic E-state index is -0.255. The van der Waals surface area contributed by atoms with Crippen molar-refractivity contribution in [2.75, 3.05) is 13.7 Å². The van der Waals surface area contributed by atoms with E-state index in [1.165, 1.54) is 0 Å². The zero-order valence-corrected chi connectivity index (χ0v) is 9.39. The van der Waals surface area contributed by atoms with E-state index in [0.29, 0.717) is 6.42 Å². The van der Waals surface area contributed by atoms with E-state index < -0.39 is 0 Å². The molecule has 0 aliphatic carbocycles. The van der Waals surface area contributed by atoms with Crippen molar-refractivity contribution in [1.82, 2.24) is 4.90 Å². The van der Waals surface area contributed by atoms with Crippen LogP contribution in [0, 0.1) is 0 Å². The van der Waals surface area contributed by atoms with Crippen LogP contribution in [-0.2, 0) is 0 Å². The van der Waals surface area contributed by atoms with E-state index in [9.17, 15) is 4.39 Å². The quantitative estimate of drug-likeness (QED) is 0.587. The van der Waals surface area contributed by atoms with Crippen LogP contribution in [0.15, 0.2) is 36.2 Å². The molecule has 0 aromatic carbocycles. The summed E-state index contributed by atoms with van der Waals surface area (Å²) >= 11 is 0. The number of hydrogen-bond acceptors (Lipinski definition) is 1. The van der Waals surface area contributed by atoms with Crippen molar-refractivity contribution in [2.24, 2.45) is 0 Å². The molecule has 0 aromatic rings. The normalized spacial score (nSPS) is 12.9. The molecule has 1 nitrogen and oxygen atoms in total.